The van der Waals surface area contributed by atoms with Crippen LogP contribution in [0, 0.1) is 5.82 Å². The number of hydrogen-bond acceptors (Lipinski definition) is 4. The van der Waals surface area contributed by atoms with Gasteiger partial charge in [-0.2, -0.15) is 0 Å². The van der Waals surface area contributed by atoms with E-state index in [1.807, 2.05) is 12.1 Å². The molecule has 0 aliphatic rings. The first-order valence-electron chi connectivity index (χ1n) is 9.09. The lowest BCUT2D eigenvalue weighted by Gasteiger charge is -2.16. The van der Waals surface area contributed by atoms with E-state index in [2.05, 4.69) is 15.6 Å². The summed E-state index contributed by atoms with van der Waals surface area (Å²) < 4.78 is 29.2. The second-order valence-electron chi connectivity index (χ2n) is 6.06. The maximum Gasteiger partial charge on any atom is 0.190 e. The number of benzene rings is 2. The lowest BCUT2D eigenvalue weighted by molar-refractivity contribution is 0.368. The van der Waals surface area contributed by atoms with Crippen molar-refractivity contribution in [2.75, 3.05) is 41.5 Å². The van der Waals surface area contributed by atoms with Crippen LogP contribution in [0.2, 0.25) is 0 Å². The number of nitrogens with zero attached hydrogens (tertiary/aromatic N) is 1. The van der Waals surface area contributed by atoms with Crippen LogP contribution in [0.25, 0.3) is 0 Å². The SMILES string of the molecule is CN=C(NCCc1ccc(F)cc1)NCCc1c(OC)cc(OC)cc1OC.I. The summed E-state index contributed by atoms with van der Waals surface area (Å²) in [4.78, 5) is 4.23. The molecule has 29 heavy (non-hydrogen) atoms. The minimum atomic E-state index is -0.224. The highest BCUT2D eigenvalue weighted by atomic mass is 127. The molecule has 0 atom stereocenters. The van der Waals surface area contributed by atoms with Crippen LogP contribution < -0.4 is 24.8 Å². The molecule has 0 unspecified atom stereocenters. The molecular weight excluding hydrogens is 488 g/mol. The molecule has 0 aromatic heterocycles. The van der Waals surface area contributed by atoms with Gasteiger partial charge in [0.1, 0.15) is 23.1 Å². The number of hydrogen-bond donors (Lipinski definition) is 2. The summed E-state index contributed by atoms with van der Waals surface area (Å²) in [5.41, 5.74) is 2.03. The molecule has 160 valence electrons. The predicted molar refractivity (Wildman–Crippen MR) is 125 cm³/mol. The molecule has 2 rings (SSSR count). The quantitative estimate of drug-likeness (QED) is 0.303. The maximum atomic E-state index is 13.0. The van der Waals surface area contributed by atoms with Crippen molar-refractivity contribution in [3.63, 3.8) is 0 Å². The van der Waals surface area contributed by atoms with Gasteiger partial charge in [0, 0.05) is 37.8 Å². The van der Waals surface area contributed by atoms with Crippen LogP contribution in [0.3, 0.4) is 0 Å². The average Bonchev–Trinajstić information content (AvgIpc) is 2.73. The number of guanidine groups is 1. The Morgan fingerprint density at radius 3 is 1.93 bits per heavy atom. The third-order valence-corrected chi connectivity index (χ3v) is 4.33. The van der Waals surface area contributed by atoms with Crippen molar-refractivity contribution >= 4 is 29.9 Å². The van der Waals surface area contributed by atoms with E-state index in [4.69, 9.17) is 14.2 Å². The summed E-state index contributed by atoms with van der Waals surface area (Å²) in [6.07, 6.45) is 1.47. The first-order valence-corrected chi connectivity index (χ1v) is 9.09. The summed E-state index contributed by atoms with van der Waals surface area (Å²) in [6, 6.07) is 10.2. The van der Waals surface area contributed by atoms with E-state index in [0.717, 1.165) is 29.0 Å². The van der Waals surface area contributed by atoms with E-state index in [9.17, 15) is 4.39 Å². The van der Waals surface area contributed by atoms with Gasteiger partial charge in [-0.3, -0.25) is 4.99 Å². The smallest absolute Gasteiger partial charge is 0.190 e. The van der Waals surface area contributed by atoms with E-state index in [-0.39, 0.29) is 29.8 Å². The fourth-order valence-corrected chi connectivity index (χ4v) is 2.83. The lowest BCUT2D eigenvalue weighted by Crippen LogP contribution is -2.39. The standard InChI is InChI=1S/C21H28FN3O3.HI/c1-23-21(24-11-9-15-5-7-16(22)8-6-15)25-12-10-18-19(27-3)13-17(26-2)14-20(18)28-4;/h5-8,13-14H,9-12H2,1-4H3,(H2,23,24,25);1H. The van der Waals surface area contributed by atoms with Gasteiger partial charge in [0.05, 0.1) is 21.3 Å². The van der Waals surface area contributed by atoms with Gasteiger partial charge >= 0.3 is 0 Å². The fraction of sp³-hybridized carbons (Fsp3) is 0.381. The highest BCUT2D eigenvalue weighted by Gasteiger charge is 2.13. The van der Waals surface area contributed by atoms with Gasteiger partial charge < -0.3 is 24.8 Å². The van der Waals surface area contributed by atoms with Crippen LogP contribution in [0.5, 0.6) is 17.2 Å². The van der Waals surface area contributed by atoms with Crippen molar-refractivity contribution in [2.24, 2.45) is 4.99 Å². The van der Waals surface area contributed by atoms with Gasteiger partial charge in [-0.15, -0.1) is 24.0 Å². The highest BCUT2D eigenvalue weighted by Crippen LogP contribution is 2.34. The monoisotopic (exact) mass is 517 g/mol. The first-order chi connectivity index (χ1) is 13.6. The first kappa shape index (κ1) is 24.8. The van der Waals surface area contributed by atoms with E-state index in [1.165, 1.54) is 12.1 Å². The zero-order chi connectivity index (χ0) is 20.4. The molecule has 0 amide bonds. The molecule has 2 aromatic rings. The van der Waals surface area contributed by atoms with Gasteiger partial charge in [0.2, 0.25) is 0 Å². The topological polar surface area (TPSA) is 64.1 Å². The Morgan fingerprint density at radius 2 is 1.45 bits per heavy atom. The van der Waals surface area contributed by atoms with Gasteiger partial charge in [0.15, 0.2) is 5.96 Å². The lowest BCUT2D eigenvalue weighted by atomic mass is 10.1. The average molecular weight is 517 g/mol. The molecule has 0 spiro atoms. The molecule has 0 radical (unpaired) electrons. The minimum absolute atomic E-state index is 0. The Morgan fingerprint density at radius 1 is 0.897 bits per heavy atom. The van der Waals surface area contributed by atoms with Crippen LogP contribution in [-0.4, -0.2) is 47.4 Å². The number of methoxy groups -OCH3 is 3. The zero-order valence-corrected chi connectivity index (χ0v) is 19.6. The van der Waals surface area contributed by atoms with E-state index < -0.39 is 0 Å². The second-order valence-corrected chi connectivity index (χ2v) is 6.06. The molecule has 2 aromatic carbocycles. The molecule has 2 N–H and O–H groups in total. The van der Waals surface area contributed by atoms with Gasteiger partial charge in [-0.25, -0.2) is 4.39 Å². The van der Waals surface area contributed by atoms with Crippen LogP contribution in [0.4, 0.5) is 4.39 Å². The molecule has 0 bridgehead atoms. The number of nitrogens with one attached hydrogen (secondary N) is 2. The Bertz CT molecular complexity index is 760. The molecule has 6 nitrogen and oxygen atoms in total. The largest absolute Gasteiger partial charge is 0.496 e. The number of aliphatic imine (C=N–C) groups is 1. The minimum Gasteiger partial charge on any atom is -0.496 e. The van der Waals surface area contributed by atoms with Crippen molar-refractivity contribution in [3.8, 4) is 17.2 Å². The number of halogens is 2. The number of rotatable bonds is 9. The Hall–Kier alpha value is -2.23. The van der Waals surface area contributed by atoms with Crippen LogP contribution in [0.15, 0.2) is 41.4 Å². The Kier molecular flexibility index (Phi) is 11.2. The van der Waals surface area contributed by atoms with Crippen LogP contribution in [-0.2, 0) is 12.8 Å². The zero-order valence-electron chi connectivity index (χ0n) is 17.3. The molecule has 0 aliphatic carbocycles. The van der Waals surface area contributed by atoms with Gasteiger partial charge in [-0.1, -0.05) is 12.1 Å². The summed E-state index contributed by atoms with van der Waals surface area (Å²) in [5.74, 6) is 2.60. The van der Waals surface area contributed by atoms with Crippen molar-refractivity contribution in [1.29, 1.82) is 0 Å². The van der Waals surface area contributed by atoms with Crippen LogP contribution in [0.1, 0.15) is 11.1 Å². The van der Waals surface area contributed by atoms with Gasteiger partial charge in [-0.05, 0) is 30.5 Å². The van der Waals surface area contributed by atoms with E-state index >= 15 is 0 Å². The molecule has 0 saturated carbocycles. The highest BCUT2D eigenvalue weighted by molar-refractivity contribution is 14.0. The third kappa shape index (κ3) is 7.60. The summed E-state index contributed by atoms with van der Waals surface area (Å²) >= 11 is 0. The van der Waals surface area contributed by atoms with Crippen LogP contribution >= 0.6 is 24.0 Å². The summed E-state index contributed by atoms with van der Waals surface area (Å²) in [7, 11) is 6.58. The van der Waals surface area contributed by atoms with E-state index in [0.29, 0.717) is 31.2 Å². The third-order valence-electron chi connectivity index (χ3n) is 4.33. The molecule has 0 heterocycles. The molecule has 8 heteroatoms. The summed E-state index contributed by atoms with van der Waals surface area (Å²) in [6.45, 7) is 1.34. The Labute approximate surface area is 188 Å². The molecular formula is C21H29FIN3O3. The predicted octanol–water partition coefficient (Wildman–Crippen LogP) is 3.42. The van der Waals surface area contributed by atoms with Crippen molar-refractivity contribution in [1.82, 2.24) is 10.6 Å². The fourth-order valence-electron chi connectivity index (χ4n) is 2.83. The number of ether oxygens (including phenoxy) is 3. The molecule has 0 saturated heterocycles. The van der Waals surface area contributed by atoms with Crippen molar-refractivity contribution in [3.05, 3.63) is 53.3 Å². The Balaban J connectivity index is 0.00000420. The summed E-state index contributed by atoms with van der Waals surface area (Å²) in [5, 5.41) is 6.54. The molecule has 0 fully saturated rings. The van der Waals surface area contributed by atoms with Gasteiger partial charge in [0.25, 0.3) is 0 Å². The van der Waals surface area contributed by atoms with Crippen molar-refractivity contribution in [2.45, 2.75) is 12.8 Å². The van der Waals surface area contributed by atoms with Crippen molar-refractivity contribution < 1.29 is 18.6 Å². The molecule has 0 aliphatic heterocycles. The maximum absolute atomic E-state index is 13.0. The normalized spacial score (nSPS) is 10.7. The second kappa shape index (κ2) is 13.1. The van der Waals surface area contributed by atoms with E-state index in [1.54, 1.807) is 40.5 Å².